The molecule has 0 radical (unpaired) electrons. The van der Waals surface area contributed by atoms with E-state index in [0.29, 0.717) is 36.7 Å². The number of likely N-dealkylation sites (N-methyl/N-ethyl adjacent to an activating group) is 1. The van der Waals surface area contributed by atoms with Crippen molar-refractivity contribution in [2.75, 3.05) is 25.1 Å². The number of benzene rings is 3. The highest BCUT2D eigenvalue weighted by Crippen LogP contribution is 2.43. The van der Waals surface area contributed by atoms with Gasteiger partial charge in [-0.3, -0.25) is 9.48 Å². The summed E-state index contributed by atoms with van der Waals surface area (Å²) in [5.41, 5.74) is 9.34. The van der Waals surface area contributed by atoms with Crippen LogP contribution in [0.2, 0.25) is 5.02 Å². The number of aromatic nitrogens is 4. The highest BCUT2D eigenvalue weighted by Gasteiger charge is 2.28. The second-order valence-electron chi connectivity index (χ2n) is 13.0. The Morgan fingerprint density at radius 3 is 2.51 bits per heavy atom. The molecule has 9 nitrogen and oxygen atoms in total. The molecule has 0 spiro atoms. The molecule has 6 rings (SSSR count). The zero-order valence-electron chi connectivity index (χ0n) is 29.0. The van der Waals surface area contributed by atoms with Crippen molar-refractivity contribution in [1.82, 2.24) is 18.9 Å². The van der Waals surface area contributed by atoms with E-state index in [1.54, 1.807) is 12.1 Å². The van der Waals surface area contributed by atoms with E-state index in [9.17, 15) is 14.7 Å². The molecule has 0 saturated carbocycles. The molecule has 3 aromatic heterocycles. The molecule has 3 aromatic carbocycles. The Morgan fingerprint density at radius 1 is 1.06 bits per heavy atom. The van der Waals surface area contributed by atoms with Gasteiger partial charge in [0, 0.05) is 73.0 Å². The second-order valence-corrected chi connectivity index (χ2v) is 13.4. The first-order chi connectivity index (χ1) is 23.4. The number of fused-ring (bicyclic) bond motifs is 2. The number of carboxylic acids is 1. The summed E-state index contributed by atoms with van der Waals surface area (Å²) in [4.78, 5) is 27.1. The quantitative estimate of drug-likeness (QED) is 0.103. The van der Waals surface area contributed by atoms with Crippen molar-refractivity contribution in [2.24, 2.45) is 14.1 Å². The van der Waals surface area contributed by atoms with Crippen LogP contribution in [0.15, 0.2) is 60.8 Å². The molecule has 3 heterocycles. The summed E-state index contributed by atoms with van der Waals surface area (Å²) in [6.07, 6.45) is 4.33. The Balaban J connectivity index is 1.45. The van der Waals surface area contributed by atoms with E-state index in [1.807, 2.05) is 99.8 Å². The summed E-state index contributed by atoms with van der Waals surface area (Å²) < 4.78 is 12.1. The lowest BCUT2D eigenvalue weighted by atomic mass is 9.98. The molecule has 0 saturated heterocycles. The van der Waals surface area contributed by atoms with Crippen molar-refractivity contribution in [3.8, 4) is 16.9 Å². The van der Waals surface area contributed by atoms with E-state index in [-0.39, 0.29) is 11.6 Å². The Hall–Kier alpha value is -5.02. The second kappa shape index (κ2) is 13.5. The molecule has 10 heteroatoms. The zero-order valence-corrected chi connectivity index (χ0v) is 29.8. The van der Waals surface area contributed by atoms with Crippen LogP contribution in [0.3, 0.4) is 0 Å². The minimum atomic E-state index is -0.968. The van der Waals surface area contributed by atoms with Gasteiger partial charge in [0.25, 0.3) is 0 Å². The maximum absolute atomic E-state index is 13.1. The Kier molecular flexibility index (Phi) is 9.31. The van der Waals surface area contributed by atoms with Crippen molar-refractivity contribution in [2.45, 2.75) is 46.6 Å². The molecular weight excluding hydrogens is 638 g/mol. The van der Waals surface area contributed by atoms with Crippen LogP contribution < -0.4 is 9.64 Å². The number of carbonyl (C=O) groups excluding carboxylic acids is 1. The summed E-state index contributed by atoms with van der Waals surface area (Å²) in [5, 5.41) is 16.8. The summed E-state index contributed by atoms with van der Waals surface area (Å²) in [6.45, 7) is 9.21. The minimum absolute atomic E-state index is 0.183. The number of carboxylic acid groups (broad SMARTS) is 1. The lowest BCUT2D eigenvalue weighted by Gasteiger charge is -2.26. The fraction of sp³-hybridized carbons (Fsp3) is 0.308. The van der Waals surface area contributed by atoms with Gasteiger partial charge in [-0.25, -0.2) is 4.79 Å². The molecule has 0 unspecified atom stereocenters. The number of carbonyl (C=O) groups is 2. The third kappa shape index (κ3) is 6.19. The third-order valence-electron chi connectivity index (χ3n) is 9.57. The summed E-state index contributed by atoms with van der Waals surface area (Å²) in [7, 11) is 5.88. The van der Waals surface area contributed by atoms with Crippen LogP contribution in [-0.2, 0) is 20.5 Å². The van der Waals surface area contributed by atoms with E-state index in [1.165, 1.54) is 0 Å². The molecule has 0 aliphatic carbocycles. The monoisotopic (exact) mass is 679 g/mol. The van der Waals surface area contributed by atoms with E-state index in [2.05, 4.69) is 16.4 Å². The SMILES string of the molecule is Cc1cccc(OCCCc2c(C=O)n([C@H](C)CN(C)c3cn(C)c4ccc(C(=O)O)cc34)c3c(-c4c(C)nn(C)c4C)c(Cl)ccc23)c1. The number of rotatable bonds is 12. The molecule has 0 aliphatic rings. The summed E-state index contributed by atoms with van der Waals surface area (Å²) in [6, 6.07) is 16.9. The van der Waals surface area contributed by atoms with Crippen molar-refractivity contribution in [1.29, 1.82) is 0 Å². The molecule has 6 aromatic rings. The number of halogens is 1. The number of hydrogen-bond donors (Lipinski definition) is 1. The highest BCUT2D eigenvalue weighted by atomic mass is 35.5. The van der Waals surface area contributed by atoms with Gasteiger partial charge in [-0.1, -0.05) is 29.8 Å². The van der Waals surface area contributed by atoms with Crippen LogP contribution >= 0.6 is 11.6 Å². The van der Waals surface area contributed by atoms with E-state index in [0.717, 1.165) is 73.2 Å². The van der Waals surface area contributed by atoms with Gasteiger partial charge in [0.05, 0.1) is 39.8 Å². The number of nitrogens with zero attached hydrogens (tertiary/aromatic N) is 5. The van der Waals surface area contributed by atoms with Gasteiger partial charge in [-0.15, -0.1) is 0 Å². The number of aldehydes is 1. The maximum atomic E-state index is 13.1. The average molecular weight is 680 g/mol. The molecule has 1 N–H and O–H groups in total. The topological polar surface area (TPSA) is 94.5 Å². The van der Waals surface area contributed by atoms with Gasteiger partial charge < -0.3 is 23.9 Å². The van der Waals surface area contributed by atoms with Gasteiger partial charge in [0.1, 0.15) is 5.75 Å². The van der Waals surface area contributed by atoms with E-state index >= 15 is 0 Å². The number of ether oxygens (including phenoxy) is 1. The van der Waals surface area contributed by atoms with E-state index < -0.39 is 5.97 Å². The van der Waals surface area contributed by atoms with Crippen LogP contribution in [0.1, 0.15) is 62.7 Å². The summed E-state index contributed by atoms with van der Waals surface area (Å²) >= 11 is 7.07. The van der Waals surface area contributed by atoms with Crippen LogP contribution in [-0.4, -0.2) is 56.5 Å². The van der Waals surface area contributed by atoms with Crippen LogP contribution in [0, 0.1) is 20.8 Å². The molecule has 0 bridgehead atoms. The Morgan fingerprint density at radius 2 is 1.84 bits per heavy atom. The van der Waals surface area contributed by atoms with Crippen molar-refractivity contribution in [3.05, 3.63) is 99.6 Å². The van der Waals surface area contributed by atoms with Gasteiger partial charge in [0.15, 0.2) is 6.29 Å². The van der Waals surface area contributed by atoms with Gasteiger partial charge in [-0.2, -0.15) is 5.10 Å². The number of hydrogen-bond acceptors (Lipinski definition) is 5. The molecule has 0 aliphatic heterocycles. The maximum Gasteiger partial charge on any atom is 0.335 e. The van der Waals surface area contributed by atoms with Crippen LogP contribution in [0.4, 0.5) is 5.69 Å². The molecular formula is C39H42ClN5O4. The predicted molar refractivity (Wildman–Crippen MR) is 197 cm³/mol. The van der Waals surface area contributed by atoms with Gasteiger partial charge >= 0.3 is 5.97 Å². The fourth-order valence-electron chi connectivity index (χ4n) is 7.21. The van der Waals surface area contributed by atoms with Crippen molar-refractivity contribution in [3.63, 3.8) is 0 Å². The first kappa shape index (κ1) is 33.9. The van der Waals surface area contributed by atoms with Crippen LogP contribution in [0.5, 0.6) is 5.75 Å². The van der Waals surface area contributed by atoms with Gasteiger partial charge in [0.2, 0.25) is 0 Å². The lowest BCUT2D eigenvalue weighted by molar-refractivity contribution is 0.0697. The predicted octanol–water partition coefficient (Wildman–Crippen LogP) is 8.33. The molecule has 0 amide bonds. The fourth-order valence-corrected chi connectivity index (χ4v) is 7.46. The molecule has 1 atom stereocenters. The lowest BCUT2D eigenvalue weighted by Crippen LogP contribution is -2.27. The standard InChI is InChI=1S/C39H42ClN5O4/c1-23-10-8-11-28(18-23)49-17-9-12-29-30-14-15-32(40)37(36-25(3)41-44(7)26(36)4)38(30)45(35(29)22-46)24(2)20-42(5)34-21-43(6)33-16-13-27(39(47)48)19-31(33)34/h8,10-11,13-16,18-19,21-22,24H,9,12,17,20H2,1-7H3,(H,47,48)/t24-/m1/s1. The first-order valence-corrected chi connectivity index (χ1v) is 16.8. The number of aromatic carboxylic acids is 1. The number of anilines is 1. The van der Waals surface area contributed by atoms with Crippen LogP contribution in [0.25, 0.3) is 32.9 Å². The zero-order chi connectivity index (χ0) is 35.1. The largest absolute Gasteiger partial charge is 0.494 e. The molecule has 49 heavy (non-hydrogen) atoms. The van der Waals surface area contributed by atoms with Crippen molar-refractivity contribution >= 4 is 51.3 Å². The van der Waals surface area contributed by atoms with Crippen molar-refractivity contribution < 1.29 is 19.4 Å². The van der Waals surface area contributed by atoms with E-state index in [4.69, 9.17) is 21.4 Å². The Bertz CT molecular complexity index is 2230. The minimum Gasteiger partial charge on any atom is -0.494 e. The molecule has 254 valence electrons. The normalized spacial score (nSPS) is 12.2. The first-order valence-electron chi connectivity index (χ1n) is 16.4. The summed E-state index contributed by atoms with van der Waals surface area (Å²) in [5.74, 6) is -0.139. The highest BCUT2D eigenvalue weighted by molar-refractivity contribution is 6.35. The third-order valence-corrected chi connectivity index (χ3v) is 9.88. The smallest absolute Gasteiger partial charge is 0.335 e. The average Bonchev–Trinajstić information content (AvgIpc) is 3.66. The van der Waals surface area contributed by atoms with Gasteiger partial charge in [-0.05, 0) is 88.1 Å². The number of aryl methyl sites for hydroxylation is 5. The molecule has 0 fully saturated rings. The Labute approximate surface area is 291 Å².